The van der Waals surface area contributed by atoms with Gasteiger partial charge in [-0.15, -0.1) is 0 Å². The van der Waals surface area contributed by atoms with E-state index in [9.17, 15) is 13.2 Å². The first kappa shape index (κ1) is 13.2. The van der Waals surface area contributed by atoms with Crippen LogP contribution in [0.5, 0.6) is 0 Å². The molecule has 0 aliphatic heterocycles. The lowest BCUT2D eigenvalue weighted by Gasteiger charge is -2.04. The summed E-state index contributed by atoms with van der Waals surface area (Å²) in [7, 11) is -3.70. The fourth-order valence-electron chi connectivity index (χ4n) is 1.33. The molecule has 0 fully saturated rings. The predicted molar refractivity (Wildman–Crippen MR) is 63.3 cm³/mol. The molecule has 8 nitrogen and oxygen atoms in total. The normalized spacial score (nSPS) is 11.2. The summed E-state index contributed by atoms with van der Waals surface area (Å²) in [6, 6.07) is 5.85. The number of aromatic nitrogens is 2. The number of nitrogens with one attached hydrogen (secondary N) is 1. The molecule has 1 aromatic heterocycles. The fourth-order valence-corrected chi connectivity index (χ4v) is 1.85. The number of primary sulfonamides is 1. The molecule has 9 heteroatoms. The SMILES string of the molecule is NS(=O)(=O)c1ccc(CNC(=O)c2cnon2)cc1. The predicted octanol–water partition coefficient (Wildman–Crippen LogP) is -0.353. The molecule has 2 aromatic rings. The summed E-state index contributed by atoms with van der Waals surface area (Å²) >= 11 is 0. The van der Waals surface area contributed by atoms with E-state index in [2.05, 4.69) is 20.3 Å². The molecule has 1 aromatic carbocycles. The average Bonchev–Trinajstić information content (AvgIpc) is 2.89. The largest absolute Gasteiger partial charge is 0.346 e. The molecule has 19 heavy (non-hydrogen) atoms. The molecular weight excluding hydrogens is 272 g/mol. The van der Waals surface area contributed by atoms with Crippen LogP contribution in [0.1, 0.15) is 16.1 Å². The van der Waals surface area contributed by atoms with Crippen LogP contribution in [0.3, 0.4) is 0 Å². The van der Waals surface area contributed by atoms with Gasteiger partial charge in [0, 0.05) is 6.54 Å². The molecule has 0 saturated heterocycles. The second-order valence-corrected chi connectivity index (χ2v) is 5.23. The molecule has 0 aliphatic carbocycles. The number of hydrogen-bond donors (Lipinski definition) is 2. The Morgan fingerprint density at radius 3 is 2.53 bits per heavy atom. The highest BCUT2D eigenvalue weighted by molar-refractivity contribution is 7.89. The quantitative estimate of drug-likeness (QED) is 0.788. The maximum Gasteiger partial charge on any atom is 0.275 e. The third-order valence-corrected chi connectivity index (χ3v) is 3.23. The number of nitrogens with two attached hydrogens (primary N) is 1. The second-order valence-electron chi connectivity index (χ2n) is 3.66. The highest BCUT2D eigenvalue weighted by Crippen LogP contribution is 2.08. The van der Waals surface area contributed by atoms with Gasteiger partial charge in [-0.1, -0.05) is 17.3 Å². The number of carbonyl (C=O) groups excluding carboxylic acids is 1. The molecule has 1 heterocycles. The van der Waals surface area contributed by atoms with Crippen LogP contribution in [0, 0.1) is 0 Å². The Hall–Kier alpha value is -2.26. The maximum atomic E-state index is 11.5. The molecule has 2 rings (SSSR count). The maximum absolute atomic E-state index is 11.5. The van der Waals surface area contributed by atoms with E-state index in [4.69, 9.17) is 5.14 Å². The van der Waals surface area contributed by atoms with Crippen molar-refractivity contribution in [2.75, 3.05) is 0 Å². The first-order valence-corrected chi connectivity index (χ1v) is 6.69. The lowest BCUT2D eigenvalue weighted by Crippen LogP contribution is -2.23. The monoisotopic (exact) mass is 282 g/mol. The Morgan fingerprint density at radius 1 is 1.32 bits per heavy atom. The van der Waals surface area contributed by atoms with Gasteiger partial charge in [0.25, 0.3) is 5.91 Å². The number of rotatable bonds is 4. The Balaban J connectivity index is 1.99. The molecule has 1 amide bonds. The minimum Gasteiger partial charge on any atom is -0.346 e. The third-order valence-electron chi connectivity index (χ3n) is 2.30. The molecule has 0 bridgehead atoms. The number of carbonyl (C=O) groups is 1. The van der Waals surface area contributed by atoms with Crippen molar-refractivity contribution in [1.82, 2.24) is 15.6 Å². The van der Waals surface area contributed by atoms with E-state index in [1.807, 2.05) is 0 Å². The van der Waals surface area contributed by atoms with E-state index in [-0.39, 0.29) is 17.1 Å². The topological polar surface area (TPSA) is 128 Å². The van der Waals surface area contributed by atoms with Gasteiger partial charge in [-0.25, -0.2) is 18.2 Å². The van der Waals surface area contributed by atoms with Crippen LogP contribution in [0.25, 0.3) is 0 Å². The van der Waals surface area contributed by atoms with Gasteiger partial charge in [0.2, 0.25) is 10.0 Å². The van der Waals surface area contributed by atoms with Crippen molar-refractivity contribution >= 4 is 15.9 Å². The third kappa shape index (κ3) is 3.36. The van der Waals surface area contributed by atoms with Crippen LogP contribution in [0.4, 0.5) is 0 Å². The van der Waals surface area contributed by atoms with Crippen molar-refractivity contribution in [2.24, 2.45) is 5.14 Å². The molecule has 0 spiro atoms. The fraction of sp³-hybridized carbons (Fsp3) is 0.100. The molecule has 0 atom stereocenters. The second kappa shape index (κ2) is 5.16. The molecule has 0 radical (unpaired) electrons. The summed E-state index contributed by atoms with van der Waals surface area (Å²) in [5.74, 6) is -0.434. The lowest BCUT2D eigenvalue weighted by molar-refractivity contribution is 0.0941. The van der Waals surface area contributed by atoms with E-state index < -0.39 is 15.9 Å². The van der Waals surface area contributed by atoms with Crippen LogP contribution in [-0.4, -0.2) is 24.6 Å². The van der Waals surface area contributed by atoms with Gasteiger partial charge in [0.05, 0.1) is 4.90 Å². The Morgan fingerprint density at radius 2 is 2.00 bits per heavy atom. The van der Waals surface area contributed by atoms with E-state index in [0.717, 1.165) is 5.56 Å². The zero-order chi connectivity index (χ0) is 13.9. The van der Waals surface area contributed by atoms with Gasteiger partial charge in [0.15, 0.2) is 5.69 Å². The van der Waals surface area contributed by atoms with Crippen molar-refractivity contribution in [3.8, 4) is 0 Å². The summed E-state index contributed by atoms with van der Waals surface area (Å²) in [6.45, 7) is 0.219. The van der Waals surface area contributed by atoms with Crippen molar-refractivity contribution in [3.63, 3.8) is 0 Å². The van der Waals surface area contributed by atoms with Crippen LogP contribution in [0.15, 0.2) is 40.0 Å². The van der Waals surface area contributed by atoms with Gasteiger partial charge < -0.3 is 5.32 Å². The van der Waals surface area contributed by atoms with E-state index in [1.54, 1.807) is 12.1 Å². The van der Waals surface area contributed by atoms with Crippen molar-refractivity contribution < 1.29 is 17.8 Å². The minimum atomic E-state index is -3.70. The van der Waals surface area contributed by atoms with Crippen LogP contribution >= 0.6 is 0 Å². The van der Waals surface area contributed by atoms with E-state index in [0.29, 0.717) is 0 Å². The number of sulfonamides is 1. The van der Waals surface area contributed by atoms with Gasteiger partial charge in [-0.2, -0.15) is 0 Å². The highest BCUT2D eigenvalue weighted by Gasteiger charge is 2.10. The van der Waals surface area contributed by atoms with Gasteiger partial charge in [0.1, 0.15) is 6.20 Å². The number of benzene rings is 1. The van der Waals surface area contributed by atoms with Crippen LogP contribution in [0.2, 0.25) is 0 Å². The number of nitrogens with zero attached hydrogens (tertiary/aromatic N) is 2. The van der Waals surface area contributed by atoms with Crippen molar-refractivity contribution in [1.29, 1.82) is 0 Å². The first-order valence-electron chi connectivity index (χ1n) is 5.14. The zero-order valence-electron chi connectivity index (χ0n) is 9.61. The summed E-state index contributed by atoms with van der Waals surface area (Å²) in [5.41, 5.74) is 0.790. The molecule has 0 aliphatic rings. The summed E-state index contributed by atoms with van der Waals surface area (Å²) in [5, 5.41) is 14.2. The standard InChI is InChI=1S/C10H10N4O4S/c11-19(16,17)8-3-1-7(2-4-8)5-12-10(15)9-6-13-18-14-9/h1-4,6H,5H2,(H,12,15)(H2,11,16,17). The van der Waals surface area contributed by atoms with Crippen LogP contribution in [-0.2, 0) is 16.6 Å². The lowest BCUT2D eigenvalue weighted by atomic mass is 10.2. The summed E-state index contributed by atoms with van der Waals surface area (Å²) < 4.78 is 26.4. The minimum absolute atomic E-state index is 0.0169. The van der Waals surface area contributed by atoms with Gasteiger partial charge in [-0.3, -0.25) is 4.79 Å². The Bertz CT molecular complexity index is 664. The molecule has 0 unspecified atom stereocenters. The average molecular weight is 282 g/mol. The van der Waals surface area contributed by atoms with E-state index >= 15 is 0 Å². The summed E-state index contributed by atoms with van der Waals surface area (Å²) in [4.78, 5) is 11.5. The highest BCUT2D eigenvalue weighted by atomic mass is 32.2. The summed E-state index contributed by atoms with van der Waals surface area (Å²) in [6.07, 6.45) is 1.19. The smallest absolute Gasteiger partial charge is 0.275 e. The van der Waals surface area contributed by atoms with Gasteiger partial charge >= 0.3 is 0 Å². The van der Waals surface area contributed by atoms with Gasteiger partial charge in [-0.05, 0) is 22.9 Å². The van der Waals surface area contributed by atoms with E-state index in [1.165, 1.54) is 18.3 Å². The molecule has 100 valence electrons. The Kier molecular flexibility index (Phi) is 3.58. The van der Waals surface area contributed by atoms with Crippen molar-refractivity contribution in [3.05, 3.63) is 41.7 Å². The first-order chi connectivity index (χ1) is 8.97. The zero-order valence-corrected chi connectivity index (χ0v) is 10.4. The Labute approximate surface area is 108 Å². The van der Waals surface area contributed by atoms with Crippen molar-refractivity contribution in [2.45, 2.75) is 11.4 Å². The van der Waals surface area contributed by atoms with Crippen LogP contribution < -0.4 is 10.5 Å². The number of amides is 1. The molecule has 0 saturated carbocycles. The molecular formula is C10H10N4O4S. The number of hydrogen-bond acceptors (Lipinski definition) is 6. The molecule has 3 N–H and O–H groups in total.